The van der Waals surface area contributed by atoms with Crippen LogP contribution in [0.3, 0.4) is 0 Å². The van der Waals surface area contributed by atoms with Crippen LogP contribution < -0.4 is 5.73 Å². The largest absolute Gasteiger partial charge is 0.481 e. The minimum atomic E-state index is -1.21. The molecule has 0 radical (unpaired) electrons. The molecular weight excluding hydrogens is 141 g/mol. The molecule has 0 saturated carbocycles. The minimum Gasteiger partial charge on any atom is -0.481 e. The second-order valence-corrected chi connectivity index (χ2v) is 1.80. The number of nitrogens with two attached hydrogens (primary N) is 1. The lowest BCUT2D eigenvalue weighted by molar-refractivity contribution is -0.139. The first-order valence-corrected chi connectivity index (χ1v) is 2.64. The SMILES string of the molecule is N[C@@H](CC(=O)O)C(=O)CF. The number of carboxylic acids is 1. The Labute approximate surface area is 56.8 Å². The van der Waals surface area contributed by atoms with Crippen molar-refractivity contribution >= 4 is 11.8 Å². The van der Waals surface area contributed by atoms with E-state index in [1.807, 2.05) is 0 Å². The van der Waals surface area contributed by atoms with E-state index in [0.29, 0.717) is 0 Å². The number of rotatable bonds is 4. The highest BCUT2D eigenvalue weighted by molar-refractivity contribution is 5.88. The molecular formula is C5H8FNO3. The lowest BCUT2D eigenvalue weighted by Gasteiger charge is -2.02. The lowest BCUT2D eigenvalue weighted by atomic mass is 10.1. The predicted octanol–water partition coefficient (Wildman–Crippen LogP) is -0.673. The van der Waals surface area contributed by atoms with Crippen LogP contribution in [0.4, 0.5) is 4.39 Å². The Morgan fingerprint density at radius 1 is 1.60 bits per heavy atom. The van der Waals surface area contributed by atoms with E-state index in [1.165, 1.54) is 0 Å². The molecule has 0 saturated heterocycles. The van der Waals surface area contributed by atoms with Crippen LogP contribution in [0.5, 0.6) is 0 Å². The van der Waals surface area contributed by atoms with Crippen molar-refractivity contribution in [3.63, 3.8) is 0 Å². The Hall–Kier alpha value is -0.970. The van der Waals surface area contributed by atoms with Crippen LogP contribution in [-0.4, -0.2) is 29.6 Å². The molecule has 5 heteroatoms. The number of carbonyl (C=O) groups is 2. The maximum atomic E-state index is 11.5. The van der Waals surface area contributed by atoms with Crippen LogP contribution in [0.1, 0.15) is 6.42 Å². The average molecular weight is 149 g/mol. The molecule has 0 aliphatic heterocycles. The van der Waals surface area contributed by atoms with Gasteiger partial charge in [0.05, 0.1) is 12.5 Å². The first-order valence-electron chi connectivity index (χ1n) is 2.64. The first-order chi connectivity index (χ1) is 4.57. The summed E-state index contributed by atoms with van der Waals surface area (Å²) in [5.41, 5.74) is 4.96. The first kappa shape index (κ1) is 9.03. The zero-order valence-corrected chi connectivity index (χ0v) is 5.21. The quantitative estimate of drug-likeness (QED) is 0.555. The van der Waals surface area contributed by atoms with Gasteiger partial charge in [-0.25, -0.2) is 4.39 Å². The molecule has 0 fully saturated rings. The molecule has 0 heterocycles. The Kier molecular flexibility index (Phi) is 3.56. The van der Waals surface area contributed by atoms with Gasteiger partial charge >= 0.3 is 5.97 Å². The van der Waals surface area contributed by atoms with E-state index in [0.717, 1.165) is 0 Å². The van der Waals surface area contributed by atoms with Crippen molar-refractivity contribution in [2.75, 3.05) is 6.67 Å². The molecule has 0 bridgehead atoms. The van der Waals surface area contributed by atoms with Crippen LogP contribution in [0, 0.1) is 0 Å². The number of carboxylic acid groups (broad SMARTS) is 1. The number of ketones is 1. The van der Waals surface area contributed by atoms with Crippen molar-refractivity contribution in [2.24, 2.45) is 5.73 Å². The van der Waals surface area contributed by atoms with Gasteiger partial charge in [0.2, 0.25) is 0 Å². The molecule has 4 nitrogen and oxygen atoms in total. The summed E-state index contributed by atoms with van der Waals surface area (Å²) in [6.45, 7) is -1.20. The van der Waals surface area contributed by atoms with Crippen molar-refractivity contribution in [1.82, 2.24) is 0 Å². The molecule has 0 aromatic carbocycles. The summed E-state index contributed by atoms with van der Waals surface area (Å²) in [7, 11) is 0. The molecule has 0 amide bonds. The van der Waals surface area contributed by atoms with E-state index in [4.69, 9.17) is 10.8 Å². The molecule has 0 aliphatic rings. The van der Waals surface area contributed by atoms with Gasteiger partial charge in [0.15, 0.2) is 5.78 Å². The van der Waals surface area contributed by atoms with E-state index in [1.54, 1.807) is 0 Å². The predicted molar refractivity (Wildman–Crippen MR) is 31.2 cm³/mol. The Morgan fingerprint density at radius 2 is 2.10 bits per heavy atom. The summed E-state index contributed by atoms with van der Waals surface area (Å²) in [4.78, 5) is 20.2. The molecule has 0 aromatic rings. The molecule has 0 rings (SSSR count). The van der Waals surface area contributed by atoms with Gasteiger partial charge in [0.25, 0.3) is 0 Å². The highest BCUT2D eigenvalue weighted by Crippen LogP contribution is 1.90. The minimum absolute atomic E-state index is 0.511. The summed E-state index contributed by atoms with van der Waals surface area (Å²) in [5.74, 6) is -2.07. The summed E-state index contributed by atoms with van der Waals surface area (Å²) < 4.78 is 11.5. The molecule has 0 aliphatic carbocycles. The highest BCUT2D eigenvalue weighted by atomic mass is 19.1. The summed E-state index contributed by atoms with van der Waals surface area (Å²) >= 11 is 0. The van der Waals surface area contributed by atoms with Gasteiger partial charge in [-0.05, 0) is 0 Å². The molecule has 1 atom stereocenters. The Morgan fingerprint density at radius 3 is 2.40 bits per heavy atom. The van der Waals surface area contributed by atoms with Crippen LogP contribution in [-0.2, 0) is 9.59 Å². The standard InChI is InChI=1S/C5H8FNO3/c6-2-4(8)3(7)1-5(9)10/h3H,1-2,7H2,(H,9,10)/t3-/m0/s1. The smallest absolute Gasteiger partial charge is 0.305 e. The van der Waals surface area contributed by atoms with Crippen molar-refractivity contribution < 1.29 is 19.1 Å². The zero-order valence-electron chi connectivity index (χ0n) is 5.21. The number of aliphatic carboxylic acids is 1. The highest BCUT2D eigenvalue weighted by Gasteiger charge is 2.15. The maximum Gasteiger partial charge on any atom is 0.305 e. The second kappa shape index (κ2) is 3.94. The summed E-state index contributed by atoms with van der Waals surface area (Å²) in [5, 5.41) is 8.07. The van der Waals surface area contributed by atoms with Gasteiger partial charge in [0.1, 0.15) is 6.67 Å². The molecule has 3 N–H and O–H groups in total. The number of halogens is 1. The third-order valence-corrected chi connectivity index (χ3v) is 0.940. The molecule has 0 unspecified atom stereocenters. The normalized spacial score (nSPS) is 12.6. The number of hydrogen-bond donors (Lipinski definition) is 2. The van der Waals surface area contributed by atoms with E-state index >= 15 is 0 Å². The van der Waals surface area contributed by atoms with E-state index < -0.39 is 30.9 Å². The molecule has 0 aromatic heterocycles. The summed E-state index contributed by atoms with van der Waals surface area (Å²) in [6, 6.07) is -1.21. The van der Waals surface area contributed by atoms with Gasteiger partial charge in [-0.1, -0.05) is 0 Å². The van der Waals surface area contributed by atoms with E-state index in [9.17, 15) is 14.0 Å². The third-order valence-electron chi connectivity index (χ3n) is 0.940. The Balaban J connectivity index is 3.72. The van der Waals surface area contributed by atoms with Crippen molar-refractivity contribution in [1.29, 1.82) is 0 Å². The number of Topliss-reactive ketones (excluding diaryl/α,β-unsaturated/α-hetero) is 1. The molecule has 58 valence electrons. The molecule has 10 heavy (non-hydrogen) atoms. The number of hydrogen-bond acceptors (Lipinski definition) is 3. The van der Waals surface area contributed by atoms with Crippen molar-refractivity contribution in [2.45, 2.75) is 12.5 Å². The fourth-order valence-corrected chi connectivity index (χ4v) is 0.401. The van der Waals surface area contributed by atoms with Crippen LogP contribution in [0.25, 0.3) is 0 Å². The number of carbonyl (C=O) groups excluding carboxylic acids is 1. The van der Waals surface area contributed by atoms with E-state index in [-0.39, 0.29) is 0 Å². The van der Waals surface area contributed by atoms with Crippen LogP contribution in [0.15, 0.2) is 0 Å². The third kappa shape index (κ3) is 3.13. The van der Waals surface area contributed by atoms with Gasteiger partial charge < -0.3 is 10.8 Å². The van der Waals surface area contributed by atoms with Gasteiger partial charge in [-0.15, -0.1) is 0 Å². The molecule has 0 spiro atoms. The second-order valence-electron chi connectivity index (χ2n) is 1.80. The fourth-order valence-electron chi connectivity index (χ4n) is 0.401. The van der Waals surface area contributed by atoms with Gasteiger partial charge in [-0.3, -0.25) is 9.59 Å². The zero-order chi connectivity index (χ0) is 8.15. The van der Waals surface area contributed by atoms with Gasteiger partial charge in [0, 0.05) is 0 Å². The van der Waals surface area contributed by atoms with Crippen LogP contribution in [0.2, 0.25) is 0 Å². The maximum absolute atomic E-state index is 11.5. The lowest BCUT2D eigenvalue weighted by Crippen LogP contribution is -2.33. The van der Waals surface area contributed by atoms with Crippen LogP contribution >= 0.6 is 0 Å². The topological polar surface area (TPSA) is 80.4 Å². The van der Waals surface area contributed by atoms with Crippen molar-refractivity contribution in [3.05, 3.63) is 0 Å². The van der Waals surface area contributed by atoms with Gasteiger partial charge in [-0.2, -0.15) is 0 Å². The number of alkyl halides is 1. The summed E-state index contributed by atoms with van der Waals surface area (Å²) in [6.07, 6.45) is -0.511. The average Bonchev–Trinajstić information content (AvgIpc) is 1.85. The van der Waals surface area contributed by atoms with E-state index in [2.05, 4.69) is 0 Å². The van der Waals surface area contributed by atoms with Crippen molar-refractivity contribution in [3.8, 4) is 0 Å². The Bertz CT molecular complexity index is 148. The fraction of sp³-hybridized carbons (Fsp3) is 0.600. The monoisotopic (exact) mass is 149 g/mol.